The summed E-state index contributed by atoms with van der Waals surface area (Å²) in [4.78, 5) is 32.0. The van der Waals surface area contributed by atoms with Crippen molar-refractivity contribution in [2.45, 2.75) is 59.5 Å². The molecule has 1 aromatic carbocycles. The van der Waals surface area contributed by atoms with Crippen LogP contribution in [0.2, 0.25) is 0 Å². The SMILES string of the molecule is CCCCOc1ccc(OCCOC(=O)C2=C(CC)NC(C)=C(C(=O)OC(CN3CCOCC3)CN3CCOCC3)C2CC)cc1. The highest BCUT2D eigenvalue weighted by Gasteiger charge is 2.37. The fourth-order valence-corrected chi connectivity index (χ4v) is 6.05. The molecule has 0 aliphatic carbocycles. The summed E-state index contributed by atoms with van der Waals surface area (Å²) in [6.45, 7) is 16.1. The zero-order valence-electron chi connectivity index (χ0n) is 28.1. The Bertz CT molecular complexity index is 1150. The first-order valence-corrected chi connectivity index (χ1v) is 17.0. The molecule has 2 fully saturated rings. The van der Waals surface area contributed by atoms with E-state index < -0.39 is 17.9 Å². The maximum absolute atomic E-state index is 13.9. The number of carbonyl (C=O) groups excluding carboxylic acids is 2. The van der Waals surface area contributed by atoms with Gasteiger partial charge in [-0.3, -0.25) is 9.80 Å². The second-order valence-electron chi connectivity index (χ2n) is 11.9. The molecule has 0 spiro atoms. The number of rotatable bonds is 17. The topological polar surface area (TPSA) is 108 Å². The lowest BCUT2D eigenvalue weighted by Gasteiger charge is -2.35. The molecule has 0 radical (unpaired) electrons. The lowest BCUT2D eigenvalue weighted by molar-refractivity contribution is -0.148. The Morgan fingerprint density at radius 1 is 0.826 bits per heavy atom. The first kappa shape index (κ1) is 35.7. The molecular formula is C35H53N3O8. The Morgan fingerprint density at radius 3 is 1.91 bits per heavy atom. The lowest BCUT2D eigenvalue weighted by Crippen LogP contribution is -2.49. The number of ether oxygens (including phenoxy) is 6. The quantitative estimate of drug-likeness (QED) is 0.197. The van der Waals surface area contributed by atoms with E-state index in [1.165, 1.54) is 0 Å². The summed E-state index contributed by atoms with van der Waals surface area (Å²) in [5.74, 6) is 0.188. The third-order valence-corrected chi connectivity index (χ3v) is 8.55. The monoisotopic (exact) mass is 643 g/mol. The van der Waals surface area contributed by atoms with E-state index in [4.69, 9.17) is 28.4 Å². The zero-order valence-corrected chi connectivity index (χ0v) is 28.1. The van der Waals surface area contributed by atoms with Gasteiger partial charge in [0.05, 0.1) is 44.2 Å². The number of morpholine rings is 2. The molecule has 1 N–H and O–H groups in total. The standard InChI is InChI=1S/C35H53N3O8/c1-5-8-17-43-27-9-11-28(12-10-27)44-22-23-45-34(39)33-30(6-2)32(26(4)36-31(33)7-3)35(40)46-29(24-37-13-18-41-19-14-37)25-38-15-20-42-21-16-38/h9-12,29-30,36H,5-8,13-25H2,1-4H3. The van der Waals surface area contributed by atoms with Gasteiger partial charge in [0.15, 0.2) is 0 Å². The number of unbranched alkanes of at least 4 members (excludes halogenated alkanes) is 1. The van der Waals surface area contributed by atoms with Gasteiger partial charge in [0.2, 0.25) is 0 Å². The summed E-state index contributed by atoms with van der Waals surface area (Å²) >= 11 is 0. The normalized spacial score (nSPS) is 19.6. The minimum atomic E-state index is -0.449. The van der Waals surface area contributed by atoms with Gasteiger partial charge in [0.25, 0.3) is 0 Å². The Hall–Kier alpha value is -3.12. The zero-order chi connectivity index (χ0) is 32.7. The van der Waals surface area contributed by atoms with Gasteiger partial charge < -0.3 is 33.7 Å². The molecule has 3 aliphatic rings. The molecule has 1 aromatic rings. The van der Waals surface area contributed by atoms with Crippen molar-refractivity contribution in [1.82, 2.24) is 15.1 Å². The van der Waals surface area contributed by atoms with Crippen molar-refractivity contribution in [1.29, 1.82) is 0 Å². The number of allylic oxidation sites excluding steroid dienone is 2. The smallest absolute Gasteiger partial charge is 0.336 e. The minimum absolute atomic E-state index is 0.0775. The molecule has 0 bridgehead atoms. The van der Waals surface area contributed by atoms with Crippen molar-refractivity contribution in [3.63, 3.8) is 0 Å². The average molecular weight is 644 g/mol. The summed E-state index contributed by atoms with van der Waals surface area (Å²) in [7, 11) is 0. The second kappa shape index (κ2) is 18.9. The fraction of sp³-hybridized carbons (Fsp3) is 0.657. The largest absolute Gasteiger partial charge is 0.494 e. The summed E-state index contributed by atoms with van der Waals surface area (Å²) in [5, 5.41) is 3.33. The van der Waals surface area contributed by atoms with E-state index >= 15 is 0 Å². The molecule has 256 valence electrons. The Labute approximate surface area is 274 Å². The molecule has 11 heteroatoms. The molecule has 0 aromatic heterocycles. The van der Waals surface area contributed by atoms with Crippen molar-refractivity contribution < 1.29 is 38.0 Å². The van der Waals surface area contributed by atoms with Gasteiger partial charge in [0, 0.05) is 56.6 Å². The van der Waals surface area contributed by atoms with Crippen LogP contribution < -0.4 is 14.8 Å². The molecule has 3 aliphatic heterocycles. The lowest BCUT2D eigenvalue weighted by atomic mass is 9.83. The molecule has 46 heavy (non-hydrogen) atoms. The molecule has 4 rings (SSSR count). The van der Waals surface area contributed by atoms with Crippen LogP contribution in [0.5, 0.6) is 11.5 Å². The summed E-state index contributed by atoms with van der Waals surface area (Å²) < 4.78 is 34.5. The van der Waals surface area contributed by atoms with Gasteiger partial charge in [-0.15, -0.1) is 0 Å². The van der Waals surface area contributed by atoms with Crippen LogP contribution in [0.25, 0.3) is 0 Å². The molecule has 1 atom stereocenters. The number of benzene rings is 1. The highest BCUT2D eigenvalue weighted by molar-refractivity contribution is 5.97. The van der Waals surface area contributed by atoms with Crippen LogP contribution >= 0.6 is 0 Å². The summed E-state index contributed by atoms with van der Waals surface area (Å²) in [6, 6.07) is 7.43. The summed E-state index contributed by atoms with van der Waals surface area (Å²) in [6.07, 6.45) is 2.91. The second-order valence-corrected chi connectivity index (χ2v) is 11.9. The third kappa shape index (κ3) is 10.4. The maximum Gasteiger partial charge on any atom is 0.336 e. The molecule has 0 amide bonds. The number of nitrogens with zero attached hydrogens (tertiary/aromatic N) is 2. The van der Waals surface area contributed by atoms with E-state index in [1.54, 1.807) is 0 Å². The highest BCUT2D eigenvalue weighted by atomic mass is 16.6. The molecule has 2 saturated heterocycles. The maximum atomic E-state index is 13.9. The Balaban J connectivity index is 1.37. The van der Waals surface area contributed by atoms with Crippen LogP contribution in [0.15, 0.2) is 46.8 Å². The van der Waals surface area contributed by atoms with Gasteiger partial charge in [-0.2, -0.15) is 0 Å². The van der Waals surface area contributed by atoms with Gasteiger partial charge in [-0.25, -0.2) is 9.59 Å². The van der Waals surface area contributed by atoms with E-state index in [0.29, 0.717) is 81.6 Å². The molecule has 1 unspecified atom stereocenters. The minimum Gasteiger partial charge on any atom is -0.494 e. The predicted octanol–water partition coefficient (Wildman–Crippen LogP) is 3.93. The fourth-order valence-electron chi connectivity index (χ4n) is 6.05. The Kier molecular flexibility index (Phi) is 14.7. The molecule has 11 nitrogen and oxygen atoms in total. The first-order chi connectivity index (χ1) is 22.4. The van der Waals surface area contributed by atoms with Gasteiger partial charge in [0.1, 0.15) is 30.8 Å². The average Bonchev–Trinajstić information content (AvgIpc) is 3.07. The number of carbonyl (C=O) groups is 2. The van der Waals surface area contributed by atoms with Gasteiger partial charge >= 0.3 is 11.9 Å². The number of esters is 2. The van der Waals surface area contributed by atoms with Crippen LogP contribution in [0.1, 0.15) is 53.4 Å². The van der Waals surface area contributed by atoms with Crippen molar-refractivity contribution in [2.24, 2.45) is 5.92 Å². The van der Waals surface area contributed by atoms with E-state index in [9.17, 15) is 9.59 Å². The van der Waals surface area contributed by atoms with E-state index in [2.05, 4.69) is 22.0 Å². The van der Waals surface area contributed by atoms with Crippen molar-refractivity contribution in [3.05, 3.63) is 46.8 Å². The van der Waals surface area contributed by atoms with Gasteiger partial charge in [-0.1, -0.05) is 27.2 Å². The van der Waals surface area contributed by atoms with Crippen LogP contribution in [0, 0.1) is 5.92 Å². The van der Waals surface area contributed by atoms with Crippen LogP contribution in [-0.4, -0.2) is 113 Å². The first-order valence-electron chi connectivity index (χ1n) is 17.0. The Morgan fingerprint density at radius 2 is 1.39 bits per heavy atom. The van der Waals surface area contributed by atoms with Crippen molar-refractivity contribution in [2.75, 3.05) is 85.5 Å². The predicted molar refractivity (Wildman–Crippen MR) is 175 cm³/mol. The third-order valence-electron chi connectivity index (χ3n) is 8.55. The van der Waals surface area contributed by atoms with Gasteiger partial charge in [-0.05, 0) is 50.5 Å². The molecule has 3 heterocycles. The molecular weight excluding hydrogens is 590 g/mol. The van der Waals surface area contributed by atoms with Crippen molar-refractivity contribution in [3.8, 4) is 11.5 Å². The van der Waals surface area contributed by atoms with E-state index in [0.717, 1.165) is 50.5 Å². The van der Waals surface area contributed by atoms with Crippen molar-refractivity contribution >= 4 is 11.9 Å². The number of hydrogen-bond donors (Lipinski definition) is 1. The van der Waals surface area contributed by atoms with Crippen LogP contribution in [0.3, 0.4) is 0 Å². The molecule has 0 saturated carbocycles. The number of nitrogens with one attached hydrogen (secondary N) is 1. The number of hydrogen-bond acceptors (Lipinski definition) is 11. The number of dihydropyridines is 1. The van der Waals surface area contributed by atoms with E-state index in [-0.39, 0.29) is 19.3 Å². The highest BCUT2D eigenvalue weighted by Crippen LogP contribution is 2.35. The van der Waals surface area contributed by atoms with Crippen LogP contribution in [-0.2, 0) is 28.5 Å². The summed E-state index contributed by atoms with van der Waals surface area (Å²) in [5.41, 5.74) is 2.45. The van der Waals surface area contributed by atoms with E-state index in [1.807, 2.05) is 45.0 Å². The van der Waals surface area contributed by atoms with Crippen LogP contribution in [0.4, 0.5) is 0 Å².